The molecule has 3 rings (SSSR count). The van der Waals surface area contributed by atoms with Crippen LogP contribution in [0.15, 0.2) is 31.0 Å². The van der Waals surface area contributed by atoms with Gasteiger partial charge in [-0.25, -0.2) is 4.98 Å². The maximum absolute atomic E-state index is 4.41. The molecule has 0 radical (unpaired) electrons. The Hall–Kier alpha value is -1.62. The summed E-state index contributed by atoms with van der Waals surface area (Å²) in [7, 11) is 0. The highest BCUT2D eigenvalue weighted by Crippen LogP contribution is 2.18. The third kappa shape index (κ3) is 3.20. The summed E-state index contributed by atoms with van der Waals surface area (Å²) in [5, 5.41) is 7.66. The minimum Gasteiger partial charge on any atom is -0.337 e. The Morgan fingerprint density at radius 3 is 3.06 bits per heavy atom. The van der Waals surface area contributed by atoms with E-state index in [2.05, 4.69) is 26.2 Å². The van der Waals surface area contributed by atoms with Gasteiger partial charge in [-0.15, -0.1) is 0 Å². The van der Waals surface area contributed by atoms with Crippen molar-refractivity contribution in [2.45, 2.75) is 44.9 Å². The molecule has 5 nitrogen and oxygen atoms in total. The molecule has 18 heavy (non-hydrogen) atoms. The van der Waals surface area contributed by atoms with Gasteiger partial charge in [-0.3, -0.25) is 4.68 Å². The zero-order chi connectivity index (χ0) is 12.2. The summed E-state index contributed by atoms with van der Waals surface area (Å²) in [6, 6.07) is 2.70. The van der Waals surface area contributed by atoms with Crippen molar-refractivity contribution in [2.75, 3.05) is 0 Å². The van der Waals surface area contributed by atoms with Crippen molar-refractivity contribution in [1.82, 2.24) is 24.6 Å². The van der Waals surface area contributed by atoms with Gasteiger partial charge < -0.3 is 9.88 Å². The van der Waals surface area contributed by atoms with Crippen LogP contribution in [0.5, 0.6) is 0 Å². The Balaban J connectivity index is 1.41. The minimum absolute atomic E-state index is 0.745. The SMILES string of the molecule is c1cnn(CCCn2cnc(CNC3CC3)c2)c1. The van der Waals surface area contributed by atoms with Crippen LogP contribution in [0.4, 0.5) is 0 Å². The van der Waals surface area contributed by atoms with Gasteiger partial charge in [0.1, 0.15) is 0 Å². The van der Waals surface area contributed by atoms with E-state index in [1.54, 1.807) is 0 Å². The molecular formula is C13H19N5. The second kappa shape index (κ2) is 5.35. The highest BCUT2D eigenvalue weighted by Gasteiger charge is 2.20. The standard InChI is InChI=1S/C13H19N5/c1-5-16-18(7-1)8-2-6-17-10-13(15-11-17)9-14-12-3-4-12/h1,5,7,10-12,14H,2-4,6,8-9H2. The molecule has 0 aliphatic heterocycles. The van der Waals surface area contributed by atoms with Gasteiger partial charge in [0.2, 0.25) is 0 Å². The molecule has 1 aliphatic carbocycles. The van der Waals surface area contributed by atoms with E-state index >= 15 is 0 Å². The molecule has 0 saturated heterocycles. The van der Waals surface area contributed by atoms with E-state index in [1.807, 2.05) is 29.5 Å². The Morgan fingerprint density at radius 2 is 2.28 bits per heavy atom. The molecule has 2 aromatic heterocycles. The molecule has 0 bridgehead atoms. The van der Waals surface area contributed by atoms with E-state index in [4.69, 9.17) is 0 Å². The number of hydrogen-bond acceptors (Lipinski definition) is 3. The van der Waals surface area contributed by atoms with E-state index in [-0.39, 0.29) is 0 Å². The molecule has 5 heteroatoms. The van der Waals surface area contributed by atoms with Crippen molar-refractivity contribution in [3.63, 3.8) is 0 Å². The fourth-order valence-electron chi connectivity index (χ4n) is 2.00. The van der Waals surface area contributed by atoms with Crippen LogP contribution in [0.25, 0.3) is 0 Å². The largest absolute Gasteiger partial charge is 0.337 e. The fourth-order valence-corrected chi connectivity index (χ4v) is 2.00. The molecule has 0 spiro atoms. The normalized spacial score (nSPS) is 15.1. The fraction of sp³-hybridized carbons (Fsp3) is 0.538. The molecule has 0 atom stereocenters. The smallest absolute Gasteiger partial charge is 0.0949 e. The first-order valence-corrected chi connectivity index (χ1v) is 6.61. The van der Waals surface area contributed by atoms with Crippen LogP contribution in [0.1, 0.15) is 25.0 Å². The number of nitrogens with one attached hydrogen (secondary N) is 1. The topological polar surface area (TPSA) is 47.7 Å². The number of hydrogen-bond donors (Lipinski definition) is 1. The first-order chi connectivity index (χ1) is 8.90. The highest BCUT2D eigenvalue weighted by molar-refractivity contribution is 4.97. The third-order valence-corrected chi connectivity index (χ3v) is 3.20. The van der Waals surface area contributed by atoms with Crippen molar-refractivity contribution in [2.24, 2.45) is 0 Å². The molecule has 2 heterocycles. The van der Waals surface area contributed by atoms with Gasteiger partial charge in [0, 0.05) is 44.3 Å². The van der Waals surface area contributed by atoms with Gasteiger partial charge in [-0.05, 0) is 25.3 Å². The van der Waals surface area contributed by atoms with Crippen molar-refractivity contribution in [1.29, 1.82) is 0 Å². The number of aromatic nitrogens is 4. The van der Waals surface area contributed by atoms with Crippen molar-refractivity contribution in [3.05, 3.63) is 36.7 Å². The predicted octanol–water partition coefficient (Wildman–Crippen LogP) is 1.42. The van der Waals surface area contributed by atoms with Crippen LogP contribution in [-0.2, 0) is 19.6 Å². The molecule has 96 valence electrons. The molecule has 1 aliphatic rings. The summed E-state index contributed by atoms with van der Waals surface area (Å²) < 4.78 is 4.12. The summed E-state index contributed by atoms with van der Waals surface area (Å²) in [5.74, 6) is 0. The third-order valence-electron chi connectivity index (χ3n) is 3.20. The lowest BCUT2D eigenvalue weighted by Gasteiger charge is -2.02. The maximum atomic E-state index is 4.41. The van der Waals surface area contributed by atoms with Crippen LogP contribution in [-0.4, -0.2) is 25.4 Å². The lowest BCUT2D eigenvalue weighted by Crippen LogP contribution is -2.15. The van der Waals surface area contributed by atoms with Gasteiger partial charge >= 0.3 is 0 Å². The maximum Gasteiger partial charge on any atom is 0.0949 e. The number of rotatable bonds is 7. The monoisotopic (exact) mass is 245 g/mol. The summed E-state index contributed by atoms with van der Waals surface area (Å²) in [4.78, 5) is 4.41. The average molecular weight is 245 g/mol. The van der Waals surface area contributed by atoms with E-state index in [0.29, 0.717) is 0 Å². The van der Waals surface area contributed by atoms with Crippen molar-refractivity contribution >= 4 is 0 Å². The lowest BCUT2D eigenvalue weighted by atomic mass is 10.4. The second-order valence-electron chi connectivity index (χ2n) is 4.88. The average Bonchev–Trinajstić information content (AvgIpc) is 2.89. The number of aryl methyl sites for hydroxylation is 2. The summed E-state index contributed by atoms with van der Waals surface area (Å²) in [6.45, 7) is 2.86. The molecule has 0 aromatic carbocycles. The Morgan fingerprint density at radius 1 is 1.33 bits per heavy atom. The van der Waals surface area contributed by atoms with Crippen molar-refractivity contribution < 1.29 is 0 Å². The zero-order valence-corrected chi connectivity index (χ0v) is 10.5. The van der Waals surface area contributed by atoms with E-state index < -0.39 is 0 Å². The van der Waals surface area contributed by atoms with Gasteiger partial charge in [0.05, 0.1) is 12.0 Å². The second-order valence-corrected chi connectivity index (χ2v) is 4.88. The van der Waals surface area contributed by atoms with Crippen LogP contribution >= 0.6 is 0 Å². The van der Waals surface area contributed by atoms with Crippen LogP contribution in [0, 0.1) is 0 Å². The van der Waals surface area contributed by atoms with E-state index in [0.717, 1.165) is 37.8 Å². The predicted molar refractivity (Wildman–Crippen MR) is 68.9 cm³/mol. The van der Waals surface area contributed by atoms with E-state index in [1.165, 1.54) is 12.8 Å². The zero-order valence-electron chi connectivity index (χ0n) is 10.5. The first kappa shape index (κ1) is 11.5. The Kier molecular flexibility index (Phi) is 3.41. The quantitative estimate of drug-likeness (QED) is 0.802. The van der Waals surface area contributed by atoms with Crippen molar-refractivity contribution in [3.8, 4) is 0 Å². The molecule has 2 aromatic rings. The molecule has 0 unspecified atom stereocenters. The van der Waals surface area contributed by atoms with Crippen LogP contribution < -0.4 is 5.32 Å². The Labute approximate surface area is 107 Å². The Bertz CT molecular complexity index is 469. The summed E-state index contributed by atoms with van der Waals surface area (Å²) in [6.07, 6.45) is 11.6. The summed E-state index contributed by atoms with van der Waals surface area (Å²) >= 11 is 0. The first-order valence-electron chi connectivity index (χ1n) is 6.61. The lowest BCUT2D eigenvalue weighted by molar-refractivity contribution is 0.526. The summed E-state index contributed by atoms with van der Waals surface area (Å²) in [5.41, 5.74) is 1.14. The van der Waals surface area contributed by atoms with Gasteiger partial charge in [-0.2, -0.15) is 5.10 Å². The van der Waals surface area contributed by atoms with Gasteiger partial charge in [0.25, 0.3) is 0 Å². The van der Waals surface area contributed by atoms with E-state index in [9.17, 15) is 0 Å². The van der Waals surface area contributed by atoms with Gasteiger partial charge in [-0.1, -0.05) is 0 Å². The molecule has 0 amide bonds. The molecule has 1 N–H and O–H groups in total. The minimum atomic E-state index is 0.745. The van der Waals surface area contributed by atoms with Crippen LogP contribution in [0.3, 0.4) is 0 Å². The highest BCUT2D eigenvalue weighted by atomic mass is 15.3. The molecular weight excluding hydrogens is 226 g/mol. The van der Waals surface area contributed by atoms with Gasteiger partial charge in [0.15, 0.2) is 0 Å². The molecule has 1 saturated carbocycles. The molecule has 1 fully saturated rings. The number of nitrogens with zero attached hydrogens (tertiary/aromatic N) is 4. The van der Waals surface area contributed by atoms with Crippen LogP contribution in [0.2, 0.25) is 0 Å². The number of imidazole rings is 1.